The summed E-state index contributed by atoms with van der Waals surface area (Å²) in [5.74, 6) is -1.23. The largest absolute Gasteiger partial charge is 0.492 e. The van der Waals surface area contributed by atoms with Crippen LogP contribution >= 0.6 is 0 Å². The molecule has 1 aromatic rings. The van der Waals surface area contributed by atoms with E-state index in [1.807, 2.05) is 30.3 Å². The first kappa shape index (κ1) is 15.4. The summed E-state index contributed by atoms with van der Waals surface area (Å²) in [6, 6.07) is 9.37. The number of para-hydroxylation sites is 1. The topological polar surface area (TPSA) is 75.6 Å². The van der Waals surface area contributed by atoms with Gasteiger partial charge in [0.05, 0.1) is 18.4 Å². The van der Waals surface area contributed by atoms with Gasteiger partial charge in [-0.05, 0) is 25.0 Å². The minimum absolute atomic E-state index is 0.168. The van der Waals surface area contributed by atoms with Crippen molar-refractivity contribution in [2.45, 2.75) is 25.7 Å². The van der Waals surface area contributed by atoms with Gasteiger partial charge < -0.3 is 15.2 Å². The molecule has 0 radical (unpaired) electrons. The number of amides is 1. The molecule has 5 heteroatoms. The quantitative estimate of drug-likeness (QED) is 0.787. The number of carbonyl (C=O) groups is 2. The lowest BCUT2D eigenvalue weighted by Gasteiger charge is -2.27. The highest BCUT2D eigenvalue weighted by atomic mass is 16.5. The number of benzene rings is 1. The first-order valence-electron chi connectivity index (χ1n) is 7.37. The second-order valence-corrected chi connectivity index (χ2v) is 5.29. The van der Waals surface area contributed by atoms with Gasteiger partial charge in [-0.1, -0.05) is 31.0 Å². The molecular weight excluding hydrogens is 270 g/mol. The zero-order valence-corrected chi connectivity index (χ0v) is 12.0. The molecule has 1 aliphatic carbocycles. The maximum Gasteiger partial charge on any atom is 0.307 e. The molecule has 0 saturated heterocycles. The van der Waals surface area contributed by atoms with Crippen molar-refractivity contribution >= 4 is 11.9 Å². The fraction of sp³-hybridized carbons (Fsp3) is 0.500. The van der Waals surface area contributed by atoms with Crippen molar-refractivity contribution < 1.29 is 19.4 Å². The van der Waals surface area contributed by atoms with Gasteiger partial charge in [0.25, 0.3) is 0 Å². The number of hydrogen-bond acceptors (Lipinski definition) is 3. The zero-order chi connectivity index (χ0) is 15.1. The smallest absolute Gasteiger partial charge is 0.307 e. The first-order valence-corrected chi connectivity index (χ1v) is 7.37. The third-order valence-electron chi connectivity index (χ3n) is 3.83. The average molecular weight is 291 g/mol. The Morgan fingerprint density at radius 2 is 1.81 bits per heavy atom. The number of aliphatic carboxylic acids is 1. The monoisotopic (exact) mass is 291 g/mol. The summed E-state index contributed by atoms with van der Waals surface area (Å²) < 4.78 is 5.49. The lowest BCUT2D eigenvalue weighted by molar-refractivity contribution is -0.148. The van der Waals surface area contributed by atoms with Crippen molar-refractivity contribution in [3.63, 3.8) is 0 Å². The van der Waals surface area contributed by atoms with E-state index in [0.717, 1.165) is 18.6 Å². The van der Waals surface area contributed by atoms with Crippen molar-refractivity contribution in [3.05, 3.63) is 30.3 Å². The minimum Gasteiger partial charge on any atom is -0.492 e. The fourth-order valence-electron chi connectivity index (χ4n) is 2.73. The number of carboxylic acids is 1. The summed E-state index contributed by atoms with van der Waals surface area (Å²) in [7, 11) is 0. The van der Waals surface area contributed by atoms with Crippen molar-refractivity contribution in [1.82, 2.24) is 5.32 Å². The number of rotatable bonds is 6. The molecule has 1 aliphatic rings. The molecule has 1 fully saturated rings. The number of nitrogens with one attached hydrogen (secondary N) is 1. The summed E-state index contributed by atoms with van der Waals surface area (Å²) in [5.41, 5.74) is 0. The van der Waals surface area contributed by atoms with E-state index in [2.05, 4.69) is 5.32 Å². The molecule has 1 amide bonds. The van der Waals surface area contributed by atoms with Gasteiger partial charge in [-0.3, -0.25) is 9.59 Å². The maximum absolute atomic E-state index is 12.1. The minimum atomic E-state index is -0.865. The zero-order valence-electron chi connectivity index (χ0n) is 12.0. The second kappa shape index (κ2) is 7.67. The van der Waals surface area contributed by atoms with E-state index in [1.54, 1.807) is 0 Å². The fourth-order valence-corrected chi connectivity index (χ4v) is 2.73. The Labute approximate surface area is 124 Å². The lowest BCUT2D eigenvalue weighted by Crippen LogP contribution is -2.41. The molecule has 1 aromatic carbocycles. The van der Waals surface area contributed by atoms with E-state index >= 15 is 0 Å². The first-order chi connectivity index (χ1) is 10.2. The molecule has 21 heavy (non-hydrogen) atoms. The normalized spacial score (nSPS) is 21.5. The van der Waals surface area contributed by atoms with Crippen molar-refractivity contribution in [3.8, 4) is 5.75 Å². The van der Waals surface area contributed by atoms with Gasteiger partial charge in [-0.2, -0.15) is 0 Å². The molecule has 0 aliphatic heterocycles. The Balaban J connectivity index is 1.74. The van der Waals surface area contributed by atoms with Crippen LogP contribution in [0.1, 0.15) is 25.7 Å². The molecule has 0 unspecified atom stereocenters. The van der Waals surface area contributed by atoms with Crippen LogP contribution in [0.25, 0.3) is 0 Å². The average Bonchev–Trinajstić information content (AvgIpc) is 2.52. The highest BCUT2D eigenvalue weighted by Gasteiger charge is 2.35. The van der Waals surface area contributed by atoms with Crippen LogP contribution in [0.4, 0.5) is 0 Å². The van der Waals surface area contributed by atoms with Crippen LogP contribution in [0.15, 0.2) is 30.3 Å². The molecule has 0 spiro atoms. The highest BCUT2D eigenvalue weighted by Crippen LogP contribution is 2.30. The molecule has 2 rings (SSSR count). The second-order valence-electron chi connectivity index (χ2n) is 5.29. The van der Waals surface area contributed by atoms with Crippen LogP contribution < -0.4 is 10.1 Å². The van der Waals surface area contributed by atoms with Gasteiger partial charge in [0.15, 0.2) is 0 Å². The summed E-state index contributed by atoms with van der Waals surface area (Å²) in [4.78, 5) is 23.3. The van der Waals surface area contributed by atoms with E-state index < -0.39 is 17.8 Å². The predicted molar refractivity (Wildman–Crippen MR) is 78.0 cm³/mol. The third kappa shape index (κ3) is 4.48. The molecule has 0 heterocycles. The Morgan fingerprint density at radius 3 is 2.48 bits per heavy atom. The maximum atomic E-state index is 12.1. The standard InChI is InChI=1S/C16H21NO4/c18-15(13-8-4-5-9-14(13)16(19)20)17-10-11-21-12-6-2-1-3-7-12/h1-3,6-7,13-14H,4-5,8-11H2,(H,17,18)(H,19,20)/t13-,14+/m1/s1. The van der Waals surface area contributed by atoms with Crippen LogP contribution in [-0.4, -0.2) is 30.1 Å². The van der Waals surface area contributed by atoms with Crippen molar-refractivity contribution in [2.24, 2.45) is 11.8 Å². The van der Waals surface area contributed by atoms with Crippen molar-refractivity contribution in [1.29, 1.82) is 0 Å². The molecule has 114 valence electrons. The van der Waals surface area contributed by atoms with E-state index in [-0.39, 0.29) is 5.91 Å². The van der Waals surface area contributed by atoms with Gasteiger partial charge in [0, 0.05) is 0 Å². The van der Waals surface area contributed by atoms with Crippen LogP contribution in [-0.2, 0) is 9.59 Å². The van der Waals surface area contributed by atoms with Gasteiger partial charge in [0.1, 0.15) is 12.4 Å². The molecular formula is C16H21NO4. The third-order valence-corrected chi connectivity index (χ3v) is 3.83. The van der Waals surface area contributed by atoms with Crippen LogP contribution in [0.2, 0.25) is 0 Å². The van der Waals surface area contributed by atoms with E-state index in [4.69, 9.17) is 4.74 Å². The predicted octanol–water partition coefficient (Wildman–Crippen LogP) is 2.07. The summed E-state index contributed by atoms with van der Waals surface area (Å²) in [5, 5.41) is 12.0. The van der Waals surface area contributed by atoms with Crippen LogP contribution in [0.5, 0.6) is 5.75 Å². The van der Waals surface area contributed by atoms with E-state index in [9.17, 15) is 14.7 Å². The van der Waals surface area contributed by atoms with Gasteiger partial charge in [-0.25, -0.2) is 0 Å². The lowest BCUT2D eigenvalue weighted by atomic mass is 9.79. The number of carbonyl (C=O) groups excluding carboxylic acids is 1. The molecule has 5 nitrogen and oxygen atoms in total. The van der Waals surface area contributed by atoms with Crippen molar-refractivity contribution in [2.75, 3.05) is 13.2 Å². The van der Waals surface area contributed by atoms with Gasteiger partial charge in [0.2, 0.25) is 5.91 Å². The van der Waals surface area contributed by atoms with E-state index in [0.29, 0.717) is 26.0 Å². The highest BCUT2D eigenvalue weighted by molar-refractivity contribution is 5.84. The Morgan fingerprint density at radius 1 is 1.14 bits per heavy atom. The van der Waals surface area contributed by atoms with Gasteiger partial charge in [-0.15, -0.1) is 0 Å². The molecule has 1 saturated carbocycles. The molecule has 0 bridgehead atoms. The van der Waals surface area contributed by atoms with Crippen LogP contribution in [0, 0.1) is 11.8 Å². The molecule has 2 atom stereocenters. The number of hydrogen-bond donors (Lipinski definition) is 2. The summed E-state index contributed by atoms with van der Waals surface area (Å²) in [6.07, 6.45) is 3.05. The summed E-state index contributed by atoms with van der Waals surface area (Å²) in [6.45, 7) is 0.761. The van der Waals surface area contributed by atoms with E-state index in [1.165, 1.54) is 0 Å². The Bertz CT molecular complexity index is 474. The molecule has 0 aromatic heterocycles. The Hall–Kier alpha value is -2.04. The molecule has 2 N–H and O–H groups in total. The summed E-state index contributed by atoms with van der Waals surface area (Å²) >= 11 is 0. The SMILES string of the molecule is O=C(O)[C@H]1CCCC[C@H]1C(=O)NCCOc1ccccc1. The Kier molecular flexibility index (Phi) is 5.60. The number of ether oxygens (including phenoxy) is 1. The van der Waals surface area contributed by atoms with Crippen LogP contribution in [0.3, 0.4) is 0 Å². The van der Waals surface area contributed by atoms with Gasteiger partial charge >= 0.3 is 5.97 Å². The number of carboxylic acid groups (broad SMARTS) is 1.